The van der Waals surface area contributed by atoms with Gasteiger partial charge in [0.1, 0.15) is 18.2 Å². The molecular weight excluding hydrogens is 261 g/mol. The SMILES string of the molecule is CSc1ccc(OCc2ccc(C#N)cc2F)cc1. The van der Waals surface area contributed by atoms with Gasteiger partial charge in [-0.05, 0) is 42.7 Å². The quantitative estimate of drug-likeness (QED) is 0.789. The Morgan fingerprint density at radius 3 is 2.53 bits per heavy atom. The van der Waals surface area contributed by atoms with Gasteiger partial charge in [0.15, 0.2) is 0 Å². The third-order valence-corrected chi connectivity index (χ3v) is 3.38. The van der Waals surface area contributed by atoms with Crippen LogP contribution >= 0.6 is 11.8 Å². The van der Waals surface area contributed by atoms with Crippen LogP contribution in [-0.4, -0.2) is 6.26 Å². The molecule has 0 radical (unpaired) electrons. The number of hydrogen-bond acceptors (Lipinski definition) is 3. The van der Waals surface area contributed by atoms with Crippen LogP contribution in [0.1, 0.15) is 11.1 Å². The zero-order valence-corrected chi connectivity index (χ0v) is 11.2. The van der Waals surface area contributed by atoms with E-state index in [9.17, 15) is 4.39 Å². The highest BCUT2D eigenvalue weighted by Gasteiger charge is 2.04. The van der Waals surface area contributed by atoms with Gasteiger partial charge in [-0.15, -0.1) is 11.8 Å². The fraction of sp³-hybridized carbons (Fsp3) is 0.133. The van der Waals surface area contributed by atoms with Crippen molar-refractivity contribution < 1.29 is 9.13 Å². The van der Waals surface area contributed by atoms with Gasteiger partial charge in [0, 0.05) is 10.5 Å². The molecule has 2 nitrogen and oxygen atoms in total. The zero-order valence-electron chi connectivity index (χ0n) is 10.4. The molecule has 0 saturated heterocycles. The van der Waals surface area contributed by atoms with E-state index in [1.807, 2.05) is 36.6 Å². The monoisotopic (exact) mass is 273 g/mol. The maximum Gasteiger partial charge on any atom is 0.131 e. The summed E-state index contributed by atoms with van der Waals surface area (Å²) < 4.78 is 19.1. The molecule has 0 heterocycles. The minimum Gasteiger partial charge on any atom is -0.489 e. The summed E-state index contributed by atoms with van der Waals surface area (Å²) in [5.41, 5.74) is 0.749. The summed E-state index contributed by atoms with van der Waals surface area (Å²) >= 11 is 1.65. The normalized spacial score (nSPS) is 9.95. The first-order chi connectivity index (χ1) is 9.22. The zero-order chi connectivity index (χ0) is 13.7. The van der Waals surface area contributed by atoms with Crippen molar-refractivity contribution in [2.45, 2.75) is 11.5 Å². The Bertz CT molecular complexity index is 605. The van der Waals surface area contributed by atoms with Crippen LogP contribution in [-0.2, 0) is 6.61 Å². The highest BCUT2D eigenvalue weighted by atomic mass is 32.2. The van der Waals surface area contributed by atoms with E-state index in [-0.39, 0.29) is 6.61 Å². The minimum absolute atomic E-state index is 0.149. The third kappa shape index (κ3) is 3.49. The molecule has 0 aliphatic carbocycles. The topological polar surface area (TPSA) is 33.0 Å². The molecule has 4 heteroatoms. The van der Waals surface area contributed by atoms with Crippen molar-refractivity contribution in [1.29, 1.82) is 5.26 Å². The fourth-order valence-electron chi connectivity index (χ4n) is 1.57. The molecule has 0 saturated carbocycles. The number of thioether (sulfide) groups is 1. The van der Waals surface area contributed by atoms with E-state index in [4.69, 9.17) is 10.00 Å². The van der Waals surface area contributed by atoms with Crippen molar-refractivity contribution in [3.8, 4) is 11.8 Å². The molecule has 0 aromatic heterocycles. The van der Waals surface area contributed by atoms with Crippen molar-refractivity contribution in [2.75, 3.05) is 6.26 Å². The maximum absolute atomic E-state index is 13.6. The van der Waals surface area contributed by atoms with E-state index in [1.165, 1.54) is 6.07 Å². The van der Waals surface area contributed by atoms with Crippen molar-refractivity contribution in [3.63, 3.8) is 0 Å². The largest absolute Gasteiger partial charge is 0.489 e. The van der Waals surface area contributed by atoms with Crippen LogP contribution in [0.3, 0.4) is 0 Å². The number of nitriles is 1. The molecule has 2 aromatic carbocycles. The maximum atomic E-state index is 13.6. The lowest BCUT2D eigenvalue weighted by Gasteiger charge is -2.07. The van der Waals surface area contributed by atoms with Gasteiger partial charge in [-0.1, -0.05) is 6.07 Å². The van der Waals surface area contributed by atoms with Gasteiger partial charge in [-0.25, -0.2) is 4.39 Å². The van der Waals surface area contributed by atoms with Crippen LogP contribution in [0.2, 0.25) is 0 Å². The van der Waals surface area contributed by atoms with Crippen molar-refractivity contribution >= 4 is 11.8 Å². The van der Waals surface area contributed by atoms with Crippen LogP contribution in [0.5, 0.6) is 5.75 Å². The number of hydrogen-bond donors (Lipinski definition) is 0. The first-order valence-electron chi connectivity index (χ1n) is 5.68. The van der Waals surface area contributed by atoms with Gasteiger partial charge in [0.25, 0.3) is 0 Å². The van der Waals surface area contributed by atoms with Crippen molar-refractivity contribution in [3.05, 3.63) is 59.4 Å². The summed E-state index contributed by atoms with van der Waals surface area (Å²) in [5.74, 6) is 0.279. The number of nitrogens with zero attached hydrogens (tertiary/aromatic N) is 1. The van der Waals surface area contributed by atoms with Gasteiger partial charge in [-0.2, -0.15) is 5.26 Å². The van der Waals surface area contributed by atoms with Crippen LogP contribution < -0.4 is 4.74 Å². The van der Waals surface area contributed by atoms with Gasteiger partial charge >= 0.3 is 0 Å². The second-order valence-corrected chi connectivity index (χ2v) is 4.76. The first kappa shape index (κ1) is 13.4. The standard InChI is InChI=1S/C15H12FNOS/c1-19-14-6-4-13(5-7-14)18-10-12-3-2-11(9-17)8-15(12)16/h2-8H,10H2,1H3. The molecule has 0 bridgehead atoms. The molecule has 96 valence electrons. The van der Waals surface area contributed by atoms with Gasteiger partial charge in [-0.3, -0.25) is 0 Å². The van der Waals surface area contributed by atoms with E-state index in [0.717, 1.165) is 4.90 Å². The summed E-state index contributed by atoms with van der Waals surface area (Å²) in [6.45, 7) is 0.149. The third-order valence-electron chi connectivity index (χ3n) is 2.64. The molecule has 0 unspecified atom stereocenters. The molecular formula is C15H12FNOS. The Morgan fingerprint density at radius 1 is 1.21 bits per heavy atom. The Labute approximate surface area is 115 Å². The summed E-state index contributed by atoms with van der Waals surface area (Å²) in [4.78, 5) is 1.15. The highest BCUT2D eigenvalue weighted by Crippen LogP contribution is 2.20. The molecule has 0 spiro atoms. The van der Waals surface area contributed by atoms with E-state index >= 15 is 0 Å². The first-order valence-corrected chi connectivity index (χ1v) is 6.91. The smallest absolute Gasteiger partial charge is 0.131 e. The van der Waals surface area contributed by atoms with Gasteiger partial charge in [0.05, 0.1) is 11.6 Å². The molecule has 2 aromatic rings. The Morgan fingerprint density at radius 2 is 1.95 bits per heavy atom. The van der Waals surface area contributed by atoms with E-state index in [2.05, 4.69) is 0 Å². The number of rotatable bonds is 4. The molecule has 2 rings (SSSR count). The lowest BCUT2D eigenvalue weighted by Crippen LogP contribution is -1.98. The summed E-state index contributed by atoms with van der Waals surface area (Å²) in [6, 6.07) is 13.9. The van der Waals surface area contributed by atoms with Crippen molar-refractivity contribution in [2.24, 2.45) is 0 Å². The predicted octanol–water partition coefficient (Wildman–Crippen LogP) is 4.00. The molecule has 0 fully saturated rings. The summed E-state index contributed by atoms with van der Waals surface area (Å²) in [5, 5.41) is 8.66. The molecule has 0 aliphatic heterocycles. The van der Waals surface area contributed by atoms with Crippen LogP contribution in [0.25, 0.3) is 0 Å². The molecule has 19 heavy (non-hydrogen) atoms. The lowest BCUT2D eigenvalue weighted by molar-refractivity contribution is 0.299. The van der Waals surface area contributed by atoms with Gasteiger partial charge < -0.3 is 4.74 Å². The second-order valence-electron chi connectivity index (χ2n) is 3.88. The predicted molar refractivity (Wildman–Crippen MR) is 73.7 cm³/mol. The summed E-state index contributed by atoms with van der Waals surface area (Å²) in [7, 11) is 0. The molecule has 0 amide bonds. The number of benzene rings is 2. The van der Waals surface area contributed by atoms with Crippen LogP contribution in [0.15, 0.2) is 47.4 Å². The Balaban J connectivity index is 2.04. The average molecular weight is 273 g/mol. The van der Waals surface area contributed by atoms with Gasteiger partial charge in [0.2, 0.25) is 0 Å². The number of halogens is 1. The fourth-order valence-corrected chi connectivity index (χ4v) is 1.98. The van der Waals surface area contributed by atoms with E-state index < -0.39 is 5.82 Å². The molecule has 0 atom stereocenters. The second kappa shape index (κ2) is 6.26. The average Bonchev–Trinajstić information content (AvgIpc) is 2.46. The van der Waals surface area contributed by atoms with E-state index in [1.54, 1.807) is 23.9 Å². The van der Waals surface area contributed by atoms with E-state index in [0.29, 0.717) is 16.9 Å². The minimum atomic E-state index is -0.417. The highest BCUT2D eigenvalue weighted by molar-refractivity contribution is 7.98. The molecule has 0 aliphatic rings. The van der Waals surface area contributed by atoms with Crippen LogP contribution in [0.4, 0.5) is 4.39 Å². The Kier molecular flexibility index (Phi) is 4.43. The number of ether oxygens (including phenoxy) is 1. The lowest BCUT2D eigenvalue weighted by atomic mass is 10.1. The summed E-state index contributed by atoms with van der Waals surface area (Å²) in [6.07, 6.45) is 2.00. The van der Waals surface area contributed by atoms with Crippen LogP contribution in [0, 0.1) is 17.1 Å². The molecule has 0 N–H and O–H groups in total. The van der Waals surface area contributed by atoms with Crippen molar-refractivity contribution in [1.82, 2.24) is 0 Å². The Hall–Kier alpha value is -1.99.